The van der Waals surface area contributed by atoms with Gasteiger partial charge in [0.15, 0.2) is 11.6 Å². The number of hydrogen-bond donors (Lipinski definition) is 3. The summed E-state index contributed by atoms with van der Waals surface area (Å²) < 4.78 is 66.8. The number of aliphatic hydroxyl groups is 1. The van der Waals surface area contributed by atoms with Gasteiger partial charge in [0.25, 0.3) is 5.91 Å². The zero-order valence-electron chi connectivity index (χ0n) is 19.8. The summed E-state index contributed by atoms with van der Waals surface area (Å²) in [6.45, 7) is 2.20. The van der Waals surface area contributed by atoms with E-state index in [1.807, 2.05) is 4.90 Å². The normalized spacial score (nSPS) is 15.4. The summed E-state index contributed by atoms with van der Waals surface area (Å²) in [5, 5.41) is 14.3. The van der Waals surface area contributed by atoms with Gasteiger partial charge in [-0.2, -0.15) is 13.2 Å². The van der Waals surface area contributed by atoms with Crippen LogP contribution in [0.2, 0.25) is 5.02 Å². The highest BCUT2D eigenvalue weighted by Gasteiger charge is 2.29. The van der Waals surface area contributed by atoms with Crippen LogP contribution in [0.3, 0.4) is 0 Å². The first-order chi connectivity index (χ1) is 17.4. The van der Waals surface area contributed by atoms with Gasteiger partial charge >= 0.3 is 6.18 Å². The van der Waals surface area contributed by atoms with Gasteiger partial charge in [0.1, 0.15) is 6.10 Å². The van der Waals surface area contributed by atoms with Gasteiger partial charge in [-0.15, -0.1) is 0 Å². The highest BCUT2D eigenvalue weighted by Crippen LogP contribution is 2.31. The Morgan fingerprint density at radius 3 is 2.38 bits per heavy atom. The summed E-state index contributed by atoms with van der Waals surface area (Å²) in [6.07, 6.45) is -6.46. The molecule has 3 rings (SSSR count). The third-order valence-electron chi connectivity index (χ3n) is 5.87. The van der Waals surface area contributed by atoms with Crippen molar-refractivity contribution in [3.05, 3.63) is 58.1 Å². The Balaban J connectivity index is 1.71. The van der Waals surface area contributed by atoms with Gasteiger partial charge in [0, 0.05) is 49.9 Å². The number of halogens is 6. The first kappa shape index (κ1) is 28.6. The van der Waals surface area contributed by atoms with Crippen molar-refractivity contribution in [3.63, 3.8) is 0 Å². The minimum Gasteiger partial charge on any atom is -0.384 e. The van der Waals surface area contributed by atoms with E-state index in [1.54, 1.807) is 11.0 Å². The average Bonchev–Trinajstić information content (AvgIpc) is 2.84. The standard InChI is InChI=1S/C24H26ClF5N4O3/c1-14(35)22(36)31-13-15-2-4-17(21(27)20(15)26)23(37)32-18-5-3-16(25)12-19(18)34-10-8-33(9-11-34)7-6-24(28,29)30/h2-5,12,14,35H,6-11,13H2,1H3,(H,31,36)(H,32,37). The smallest absolute Gasteiger partial charge is 0.384 e. The maximum atomic E-state index is 14.7. The molecule has 1 atom stereocenters. The molecule has 2 aromatic carbocycles. The molecule has 1 heterocycles. The summed E-state index contributed by atoms with van der Waals surface area (Å²) in [7, 11) is 0. The maximum Gasteiger partial charge on any atom is 0.390 e. The van der Waals surface area contributed by atoms with Crippen molar-refractivity contribution in [3.8, 4) is 0 Å². The van der Waals surface area contributed by atoms with Crippen molar-refractivity contribution in [2.45, 2.75) is 32.2 Å². The molecule has 1 saturated heterocycles. The minimum atomic E-state index is -4.24. The SMILES string of the molecule is CC(O)C(=O)NCc1ccc(C(=O)Nc2ccc(Cl)cc2N2CCN(CCC(F)(F)F)CC2)c(F)c1F. The van der Waals surface area contributed by atoms with Crippen molar-refractivity contribution in [1.29, 1.82) is 0 Å². The molecule has 0 aromatic heterocycles. The van der Waals surface area contributed by atoms with Gasteiger partial charge in [-0.05, 0) is 31.2 Å². The minimum absolute atomic E-state index is 0.111. The molecule has 0 radical (unpaired) electrons. The molecule has 7 nitrogen and oxygen atoms in total. The van der Waals surface area contributed by atoms with Crippen LogP contribution in [0, 0.1) is 11.6 Å². The summed E-state index contributed by atoms with van der Waals surface area (Å²) >= 11 is 6.12. The third-order valence-corrected chi connectivity index (χ3v) is 6.11. The second-order valence-corrected chi connectivity index (χ2v) is 9.04. The van der Waals surface area contributed by atoms with Crippen LogP contribution in [-0.2, 0) is 11.3 Å². The summed E-state index contributed by atoms with van der Waals surface area (Å²) in [5.74, 6) is -4.42. The fraction of sp³-hybridized carbons (Fsp3) is 0.417. The molecule has 0 spiro atoms. The number of amides is 2. The van der Waals surface area contributed by atoms with E-state index in [0.29, 0.717) is 36.9 Å². The number of nitrogens with one attached hydrogen (secondary N) is 2. The van der Waals surface area contributed by atoms with Crippen LogP contribution in [0.4, 0.5) is 33.3 Å². The van der Waals surface area contributed by atoms with Crippen molar-refractivity contribution in [2.24, 2.45) is 0 Å². The highest BCUT2D eigenvalue weighted by molar-refractivity contribution is 6.31. The van der Waals surface area contributed by atoms with Gasteiger partial charge < -0.3 is 20.6 Å². The molecule has 13 heteroatoms. The zero-order valence-corrected chi connectivity index (χ0v) is 20.6. The Kier molecular flexibility index (Phi) is 9.32. The average molecular weight is 549 g/mol. The Bertz CT molecular complexity index is 1140. The molecule has 0 bridgehead atoms. The quantitative estimate of drug-likeness (QED) is 0.435. The van der Waals surface area contributed by atoms with Gasteiger partial charge in [-0.1, -0.05) is 17.7 Å². The summed E-state index contributed by atoms with van der Waals surface area (Å²) in [4.78, 5) is 27.8. The molecule has 1 aliphatic heterocycles. The van der Waals surface area contributed by atoms with Gasteiger partial charge in [-0.3, -0.25) is 14.5 Å². The van der Waals surface area contributed by atoms with Gasteiger partial charge in [-0.25, -0.2) is 8.78 Å². The molecular weight excluding hydrogens is 523 g/mol. The molecule has 1 aliphatic rings. The van der Waals surface area contributed by atoms with Crippen molar-refractivity contribution in [2.75, 3.05) is 42.9 Å². The largest absolute Gasteiger partial charge is 0.390 e. The van der Waals surface area contributed by atoms with E-state index >= 15 is 0 Å². The first-order valence-corrected chi connectivity index (χ1v) is 11.8. The Labute approximate surface area is 215 Å². The number of anilines is 2. The first-order valence-electron chi connectivity index (χ1n) is 11.4. The molecule has 0 aliphatic carbocycles. The molecule has 202 valence electrons. The third kappa shape index (κ3) is 7.76. The van der Waals surface area contributed by atoms with Crippen LogP contribution in [0.5, 0.6) is 0 Å². The molecular formula is C24H26ClF5N4O3. The predicted molar refractivity (Wildman–Crippen MR) is 129 cm³/mol. The van der Waals surface area contributed by atoms with E-state index in [0.717, 1.165) is 12.1 Å². The maximum absolute atomic E-state index is 14.7. The van der Waals surface area contributed by atoms with Gasteiger partial charge in [0.05, 0.1) is 23.4 Å². The van der Waals surface area contributed by atoms with Crippen LogP contribution in [0.15, 0.2) is 30.3 Å². The van der Waals surface area contributed by atoms with Crippen LogP contribution in [-0.4, -0.2) is 66.8 Å². The number of carbonyl (C=O) groups is 2. The number of carbonyl (C=O) groups excluding carboxylic acids is 2. The molecule has 1 unspecified atom stereocenters. The predicted octanol–water partition coefficient (Wildman–Crippen LogP) is 3.94. The number of piperazine rings is 1. The number of aliphatic hydroxyl groups excluding tert-OH is 1. The lowest BCUT2D eigenvalue weighted by Gasteiger charge is -2.37. The van der Waals surface area contributed by atoms with E-state index in [4.69, 9.17) is 11.6 Å². The second kappa shape index (κ2) is 12.1. The number of hydrogen-bond acceptors (Lipinski definition) is 5. The molecule has 37 heavy (non-hydrogen) atoms. The fourth-order valence-corrected chi connectivity index (χ4v) is 3.96. The Morgan fingerprint density at radius 2 is 1.76 bits per heavy atom. The molecule has 3 N–H and O–H groups in total. The van der Waals surface area contributed by atoms with Crippen molar-refractivity contribution >= 4 is 34.8 Å². The van der Waals surface area contributed by atoms with Crippen LogP contribution in [0.1, 0.15) is 29.3 Å². The van der Waals surface area contributed by atoms with E-state index in [-0.39, 0.29) is 24.3 Å². The topological polar surface area (TPSA) is 84.9 Å². The van der Waals surface area contributed by atoms with E-state index < -0.39 is 47.7 Å². The van der Waals surface area contributed by atoms with Crippen LogP contribution >= 0.6 is 11.6 Å². The number of nitrogens with zero attached hydrogens (tertiary/aromatic N) is 2. The molecule has 0 saturated carbocycles. The van der Waals surface area contributed by atoms with Crippen LogP contribution < -0.4 is 15.5 Å². The lowest BCUT2D eigenvalue weighted by atomic mass is 10.1. The molecule has 2 aromatic rings. The van der Waals surface area contributed by atoms with Crippen molar-refractivity contribution in [1.82, 2.24) is 10.2 Å². The van der Waals surface area contributed by atoms with Gasteiger partial charge in [0.2, 0.25) is 5.91 Å². The van der Waals surface area contributed by atoms with Crippen molar-refractivity contribution < 1.29 is 36.6 Å². The fourth-order valence-electron chi connectivity index (χ4n) is 3.79. The molecule has 1 fully saturated rings. The summed E-state index contributed by atoms with van der Waals surface area (Å²) in [5.41, 5.74) is -0.0134. The zero-order chi connectivity index (χ0) is 27.3. The number of rotatable bonds is 8. The Hall–Kier alpha value is -2.96. The van der Waals surface area contributed by atoms with E-state index in [9.17, 15) is 36.6 Å². The lowest BCUT2D eigenvalue weighted by Crippen LogP contribution is -2.47. The molecule has 2 amide bonds. The lowest BCUT2D eigenvalue weighted by molar-refractivity contribution is -0.138. The summed E-state index contributed by atoms with van der Waals surface area (Å²) in [6, 6.07) is 6.81. The number of benzene rings is 2. The highest BCUT2D eigenvalue weighted by atomic mass is 35.5. The number of alkyl halides is 3. The second-order valence-electron chi connectivity index (χ2n) is 8.60. The van der Waals surface area contributed by atoms with Crippen LogP contribution in [0.25, 0.3) is 0 Å². The van der Waals surface area contributed by atoms with E-state index in [1.165, 1.54) is 19.1 Å². The Morgan fingerprint density at radius 1 is 1.08 bits per heavy atom. The monoisotopic (exact) mass is 548 g/mol. The van der Waals surface area contributed by atoms with E-state index in [2.05, 4.69) is 10.6 Å².